The Morgan fingerprint density at radius 1 is 0.328 bits per heavy atom. The van der Waals surface area contributed by atoms with Crippen molar-refractivity contribution in [3.8, 4) is 44.8 Å². The molecule has 280 valence electrons. The Hall–Kier alpha value is -6.75. The van der Waals surface area contributed by atoms with Crippen LogP contribution in [0.5, 0.6) is 0 Å². The Labute approximate surface area is 383 Å². The van der Waals surface area contributed by atoms with Gasteiger partial charge in [0.1, 0.15) is 54.9 Å². The normalized spacial score (nSPS) is 11.9. The highest BCUT2D eigenvalue weighted by Gasteiger charge is 2.25. The smallest absolute Gasteiger partial charge is 0.115 e. The maximum absolute atomic E-state index is 7.43. The zero-order valence-corrected chi connectivity index (χ0v) is 35.2. The van der Waals surface area contributed by atoms with E-state index in [1.54, 1.807) is 11.3 Å². The molecule has 0 saturated heterocycles. The summed E-state index contributed by atoms with van der Waals surface area (Å²) in [5, 5.41) is 5.58. The van der Waals surface area contributed by atoms with Gasteiger partial charge in [0.2, 0.25) is 0 Å². The molecule has 3 heterocycles. The van der Waals surface area contributed by atoms with Crippen LogP contribution < -0.4 is 38.2 Å². The van der Waals surface area contributed by atoms with Crippen molar-refractivity contribution in [3.63, 3.8) is 0 Å². The average molecular weight is 812 g/mol. The second kappa shape index (κ2) is 14.7. The Kier molecular flexibility index (Phi) is 8.91. The van der Waals surface area contributed by atoms with Crippen LogP contribution in [0.3, 0.4) is 0 Å². The van der Waals surface area contributed by atoms with Gasteiger partial charge in [-0.25, -0.2) is 0 Å². The summed E-state index contributed by atoms with van der Waals surface area (Å²) < 4.78 is 6.61. The van der Waals surface area contributed by atoms with Gasteiger partial charge in [-0.05, 0) is 75.7 Å². The lowest BCUT2D eigenvalue weighted by Gasteiger charge is -2.19. The van der Waals surface area contributed by atoms with Crippen LogP contribution in [0.4, 0.5) is 0 Å². The first-order valence-electron chi connectivity index (χ1n) is 21.0. The number of para-hydroxylation sites is 1. The number of rotatable bonds is 5. The molecule has 3 aromatic heterocycles. The Morgan fingerprint density at radius 3 is 1.72 bits per heavy atom. The van der Waals surface area contributed by atoms with E-state index < -0.39 is 0 Å². The largest absolute Gasteiger partial charge is 0.310 e. The fourth-order valence-electron chi connectivity index (χ4n) is 9.91. The molecule has 0 atom stereocenters. The van der Waals surface area contributed by atoms with Crippen LogP contribution in [0, 0.1) is 0 Å². The molecule has 0 spiro atoms. The van der Waals surface area contributed by atoms with Gasteiger partial charge in [-0.1, -0.05) is 149 Å². The molecule has 9 aromatic carbocycles. The summed E-state index contributed by atoms with van der Waals surface area (Å²) in [6.07, 6.45) is 0. The number of benzene rings is 9. The quantitative estimate of drug-likeness (QED) is 0.169. The fourth-order valence-corrected chi connectivity index (χ4v) is 11.1. The number of thiophene rings is 1. The highest BCUT2D eigenvalue weighted by Crippen LogP contribution is 2.41. The van der Waals surface area contributed by atoms with E-state index >= 15 is 0 Å². The second-order valence-corrected chi connectivity index (χ2v) is 17.5. The summed E-state index contributed by atoms with van der Waals surface area (Å²) >= 11 is 1.71. The molecule has 0 saturated carbocycles. The molecule has 0 fully saturated rings. The van der Waals surface area contributed by atoms with Gasteiger partial charge in [0.25, 0.3) is 0 Å². The van der Waals surface area contributed by atoms with Crippen molar-refractivity contribution in [2.45, 2.75) is 0 Å². The van der Waals surface area contributed by atoms with Gasteiger partial charge >= 0.3 is 0 Å². The van der Waals surface area contributed by atoms with Crippen molar-refractivity contribution in [1.82, 2.24) is 9.13 Å². The summed E-state index contributed by atoms with van der Waals surface area (Å²) in [5.41, 5.74) is 12.9. The number of nitrogens with zero attached hydrogens (tertiary/aromatic N) is 2. The standard InChI is InChI=1S/C54H27B7N2S/c55-45-42(46(56)50(60)53-43(45)44-47(57)48(58)49(59)51(61)54(44)63(53)33-22-23-36-35-17-7-8-20-40(35)64-41(36)27-33)31-21-24-39-38(26-31)37-19-10-18-34(29-13-5-2-6-14-29)52(37)62(39)32-16-9-15-30(25-32)28-11-3-1-4-12-28/h1-27H. The van der Waals surface area contributed by atoms with Crippen LogP contribution in [0.25, 0.3) is 109 Å². The summed E-state index contributed by atoms with van der Waals surface area (Å²) in [5.74, 6) is 0. The summed E-state index contributed by atoms with van der Waals surface area (Å²) in [6.45, 7) is 0. The van der Waals surface area contributed by atoms with E-state index in [-0.39, 0.29) is 21.9 Å². The first kappa shape index (κ1) is 38.9. The van der Waals surface area contributed by atoms with Gasteiger partial charge in [-0.3, -0.25) is 0 Å². The van der Waals surface area contributed by atoms with Gasteiger partial charge in [-0.15, -0.1) is 22.3 Å². The van der Waals surface area contributed by atoms with Crippen molar-refractivity contribution >= 4 is 168 Å². The molecule has 0 bridgehead atoms. The molecule has 14 radical (unpaired) electrons. The molecule has 12 aromatic rings. The van der Waals surface area contributed by atoms with Crippen LogP contribution in [0.15, 0.2) is 164 Å². The molecule has 10 heteroatoms. The van der Waals surface area contributed by atoms with Crippen LogP contribution in [-0.4, -0.2) is 64.1 Å². The Morgan fingerprint density at radius 2 is 0.938 bits per heavy atom. The number of hydrogen-bond acceptors (Lipinski definition) is 1. The second-order valence-electron chi connectivity index (χ2n) is 16.4. The Balaban J connectivity index is 1.14. The summed E-state index contributed by atoms with van der Waals surface area (Å²) in [7, 11) is 48.9. The van der Waals surface area contributed by atoms with Gasteiger partial charge in [0.15, 0.2) is 0 Å². The van der Waals surface area contributed by atoms with Gasteiger partial charge in [0.05, 0.1) is 11.0 Å². The van der Waals surface area contributed by atoms with E-state index in [4.69, 9.17) is 54.9 Å². The third-order valence-electron chi connectivity index (χ3n) is 12.9. The highest BCUT2D eigenvalue weighted by atomic mass is 32.1. The zero-order chi connectivity index (χ0) is 43.5. The van der Waals surface area contributed by atoms with E-state index in [1.165, 1.54) is 10.1 Å². The lowest BCUT2D eigenvalue weighted by Crippen LogP contribution is -2.48. The van der Waals surface area contributed by atoms with E-state index in [1.807, 2.05) is 22.8 Å². The van der Waals surface area contributed by atoms with Crippen molar-refractivity contribution < 1.29 is 0 Å². The number of aromatic nitrogens is 2. The molecule has 64 heavy (non-hydrogen) atoms. The van der Waals surface area contributed by atoms with Crippen LogP contribution in [0.2, 0.25) is 0 Å². The highest BCUT2D eigenvalue weighted by molar-refractivity contribution is 7.25. The minimum atomic E-state index is 0.181. The lowest BCUT2D eigenvalue weighted by atomic mass is 9.64. The van der Waals surface area contributed by atoms with Crippen molar-refractivity contribution in [3.05, 3.63) is 164 Å². The fraction of sp³-hybridized carbons (Fsp3) is 0. The minimum Gasteiger partial charge on any atom is -0.310 e. The van der Waals surface area contributed by atoms with Crippen LogP contribution in [-0.2, 0) is 0 Å². The van der Waals surface area contributed by atoms with Crippen LogP contribution >= 0.6 is 11.3 Å². The predicted molar refractivity (Wildman–Crippen MR) is 282 cm³/mol. The third kappa shape index (κ3) is 5.61. The minimum absolute atomic E-state index is 0.181. The van der Waals surface area contributed by atoms with E-state index in [0.717, 1.165) is 71.1 Å². The lowest BCUT2D eigenvalue weighted by molar-refractivity contribution is 1.18. The van der Waals surface area contributed by atoms with E-state index in [2.05, 4.69) is 150 Å². The Bertz CT molecular complexity index is 3930. The molecular weight excluding hydrogens is 784 g/mol. The first-order chi connectivity index (χ1) is 31.2. The summed E-state index contributed by atoms with van der Waals surface area (Å²) in [4.78, 5) is 0. The van der Waals surface area contributed by atoms with Crippen molar-refractivity contribution in [2.24, 2.45) is 0 Å². The molecule has 0 N–H and O–H groups in total. The molecule has 2 nitrogen and oxygen atoms in total. The maximum atomic E-state index is 7.43. The number of fused-ring (bicyclic) bond motifs is 9. The maximum Gasteiger partial charge on any atom is 0.115 e. The van der Waals surface area contributed by atoms with Gasteiger partial charge in [0, 0.05) is 64.3 Å². The van der Waals surface area contributed by atoms with Crippen LogP contribution in [0.1, 0.15) is 0 Å². The molecule has 12 rings (SSSR count). The zero-order valence-electron chi connectivity index (χ0n) is 34.4. The van der Waals surface area contributed by atoms with Gasteiger partial charge in [-0.2, -0.15) is 0 Å². The molecular formula is C54H27B7N2S. The van der Waals surface area contributed by atoms with E-state index in [0.29, 0.717) is 43.8 Å². The monoisotopic (exact) mass is 812 g/mol. The van der Waals surface area contributed by atoms with Crippen molar-refractivity contribution in [1.29, 1.82) is 0 Å². The molecule has 0 amide bonds. The predicted octanol–water partition coefficient (Wildman–Crippen LogP) is 6.81. The first-order valence-corrected chi connectivity index (χ1v) is 21.8. The SMILES string of the molecule is [B]c1c([B])c([B])c2c(c1[B])c1c([B])c(-c3ccc4c(c3)c3cccc(-c5ccccc5)c3n4-c3cccc(-c4ccccc4)c3)c([B])c([B])c1n2-c1ccc2c(c1)sc1ccccc12. The number of hydrogen-bond donors (Lipinski definition) is 0. The molecule has 0 aliphatic heterocycles. The topological polar surface area (TPSA) is 9.86 Å². The van der Waals surface area contributed by atoms with E-state index in [9.17, 15) is 0 Å². The third-order valence-corrected chi connectivity index (χ3v) is 14.0. The summed E-state index contributed by atoms with van der Waals surface area (Å²) in [6, 6.07) is 57.1. The van der Waals surface area contributed by atoms with Gasteiger partial charge < -0.3 is 9.13 Å². The average Bonchev–Trinajstić information content (AvgIpc) is 4.01. The molecule has 0 aliphatic rings. The van der Waals surface area contributed by atoms with Crippen molar-refractivity contribution in [2.75, 3.05) is 0 Å². The molecule has 0 unspecified atom stereocenters. The molecule has 0 aliphatic carbocycles.